The molecule has 0 saturated heterocycles. The van der Waals surface area contributed by atoms with Gasteiger partial charge in [-0.15, -0.1) is 0 Å². The van der Waals surface area contributed by atoms with E-state index in [2.05, 4.69) is 13.8 Å². The van der Waals surface area contributed by atoms with Gasteiger partial charge in [-0.3, -0.25) is 0 Å². The molecule has 0 amide bonds. The fourth-order valence-electron chi connectivity index (χ4n) is 5.37. The maximum atomic E-state index is 11.8. The maximum absolute atomic E-state index is 11.8. The molecule has 1 saturated carbocycles. The summed E-state index contributed by atoms with van der Waals surface area (Å²) in [4.78, 5) is 11.8. The number of allylic oxidation sites excluding steroid dienone is 1. The van der Waals surface area contributed by atoms with Gasteiger partial charge in [-0.2, -0.15) is 0 Å². The lowest BCUT2D eigenvalue weighted by molar-refractivity contribution is -0.137. The molecule has 4 atom stereocenters. The molecule has 0 radical (unpaired) electrons. The normalized spacial score (nSPS) is 21.4. The fraction of sp³-hybridized carbons (Fsp3) is 0.900. The molecule has 4 heteroatoms. The third kappa shape index (κ3) is 15.9. The Kier molecular flexibility index (Phi) is 19.6. The second-order valence-electron chi connectivity index (χ2n) is 10.6. The summed E-state index contributed by atoms with van der Waals surface area (Å²) in [5, 5.41) is 20.6. The van der Waals surface area contributed by atoms with Gasteiger partial charge in [0.25, 0.3) is 0 Å². The van der Waals surface area contributed by atoms with E-state index < -0.39 is 0 Å². The van der Waals surface area contributed by atoms with Crippen LogP contribution in [0.4, 0.5) is 0 Å². The van der Waals surface area contributed by atoms with Crippen molar-refractivity contribution in [3.8, 4) is 0 Å². The summed E-state index contributed by atoms with van der Waals surface area (Å²) in [6.45, 7) is 4.97. The van der Waals surface area contributed by atoms with Crippen LogP contribution in [0.5, 0.6) is 0 Å². The van der Waals surface area contributed by atoms with Gasteiger partial charge in [-0.05, 0) is 69.6 Å². The van der Waals surface area contributed by atoms with Crippen molar-refractivity contribution in [2.75, 3.05) is 6.61 Å². The van der Waals surface area contributed by atoms with E-state index in [4.69, 9.17) is 4.74 Å². The monoisotopic (exact) mass is 480 g/mol. The van der Waals surface area contributed by atoms with Crippen molar-refractivity contribution in [3.05, 3.63) is 12.2 Å². The van der Waals surface area contributed by atoms with Crippen LogP contribution in [0.25, 0.3) is 0 Å². The summed E-state index contributed by atoms with van der Waals surface area (Å²) < 4.78 is 5.30. The Bertz CT molecular complexity index is 504. The summed E-state index contributed by atoms with van der Waals surface area (Å²) in [5.74, 6) is 0.716. The number of hydrogen-bond acceptors (Lipinski definition) is 4. The largest absolute Gasteiger partial charge is 0.463 e. The molecule has 1 aliphatic carbocycles. The molecule has 2 N–H and O–H groups in total. The second kappa shape index (κ2) is 21.4. The number of aliphatic hydroxyl groups excluding tert-OH is 2. The van der Waals surface area contributed by atoms with Crippen molar-refractivity contribution in [1.29, 1.82) is 0 Å². The molecule has 0 aromatic heterocycles. The Morgan fingerprint density at radius 2 is 1.53 bits per heavy atom. The highest BCUT2D eigenvalue weighted by Crippen LogP contribution is 2.39. The zero-order valence-electron chi connectivity index (χ0n) is 22.5. The molecule has 200 valence electrons. The van der Waals surface area contributed by atoms with Crippen LogP contribution in [-0.4, -0.2) is 35.0 Å². The number of rotatable bonds is 22. The predicted octanol–water partition coefficient (Wildman–Crippen LogP) is 7.90. The van der Waals surface area contributed by atoms with Crippen LogP contribution in [0.15, 0.2) is 12.2 Å². The van der Waals surface area contributed by atoms with E-state index >= 15 is 0 Å². The van der Waals surface area contributed by atoms with Crippen LogP contribution in [0.2, 0.25) is 0 Å². The van der Waals surface area contributed by atoms with Crippen molar-refractivity contribution < 1.29 is 19.7 Å². The van der Waals surface area contributed by atoms with Gasteiger partial charge in [0.2, 0.25) is 0 Å². The zero-order valence-corrected chi connectivity index (χ0v) is 22.5. The maximum Gasteiger partial charge on any atom is 0.330 e. The van der Waals surface area contributed by atoms with E-state index in [1.54, 1.807) is 6.08 Å². The minimum absolute atomic E-state index is 0.176. The van der Waals surface area contributed by atoms with Gasteiger partial charge in [-0.1, -0.05) is 90.6 Å². The first kappa shape index (κ1) is 31.2. The van der Waals surface area contributed by atoms with Gasteiger partial charge in [0.15, 0.2) is 0 Å². The molecule has 2 unspecified atom stereocenters. The summed E-state index contributed by atoms with van der Waals surface area (Å²) in [7, 11) is 0. The highest BCUT2D eigenvalue weighted by molar-refractivity contribution is 5.81. The fourth-order valence-corrected chi connectivity index (χ4v) is 5.37. The lowest BCUT2D eigenvalue weighted by Crippen LogP contribution is -2.20. The molecule has 0 bridgehead atoms. The number of carbonyl (C=O) groups is 1. The topological polar surface area (TPSA) is 66.8 Å². The average molecular weight is 481 g/mol. The van der Waals surface area contributed by atoms with E-state index in [-0.39, 0.29) is 18.2 Å². The third-order valence-corrected chi connectivity index (χ3v) is 7.60. The van der Waals surface area contributed by atoms with Gasteiger partial charge in [0, 0.05) is 6.08 Å². The number of aliphatic hydroxyl groups is 2. The number of ether oxygens (including phenoxy) is 1. The van der Waals surface area contributed by atoms with Crippen molar-refractivity contribution in [2.45, 2.75) is 154 Å². The molecule has 0 aromatic rings. The van der Waals surface area contributed by atoms with Crippen LogP contribution in [-0.2, 0) is 9.53 Å². The lowest BCUT2D eigenvalue weighted by Gasteiger charge is -2.23. The first-order chi connectivity index (χ1) is 16.6. The van der Waals surface area contributed by atoms with E-state index in [9.17, 15) is 15.0 Å². The molecule has 0 spiro atoms. The quantitative estimate of drug-likeness (QED) is 0.0939. The summed E-state index contributed by atoms with van der Waals surface area (Å²) >= 11 is 0. The molecule has 1 aliphatic rings. The van der Waals surface area contributed by atoms with Crippen LogP contribution in [0, 0.1) is 11.8 Å². The zero-order chi connectivity index (χ0) is 24.9. The summed E-state index contributed by atoms with van der Waals surface area (Å²) in [6, 6.07) is 0. The molecule has 1 fully saturated rings. The lowest BCUT2D eigenvalue weighted by atomic mass is 9.85. The first-order valence-electron chi connectivity index (χ1n) is 14.8. The smallest absolute Gasteiger partial charge is 0.330 e. The molecule has 34 heavy (non-hydrogen) atoms. The minimum Gasteiger partial charge on any atom is -0.463 e. The van der Waals surface area contributed by atoms with E-state index in [0.717, 1.165) is 77.0 Å². The predicted molar refractivity (Wildman–Crippen MR) is 143 cm³/mol. The minimum atomic E-state index is -0.216. The van der Waals surface area contributed by atoms with E-state index in [0.29, 0.717) is 18.4 Å². The molecule has 4 nitrogen and oxygen atoms in total. The highest BCUT2D eigenvalue weighted by atomic mass is 16.5. The Balaban J connectivity index is 2.05. The Labute approximate surface area is 210 Å². The van der Waals surface area contributed by atoms with Gasteiger partial charge in [0.1, 0.15) is 0 Å². The standard InChI is InChI=1S/C30H56O4/c1-3-5-7-8-9-10-13-17-25-34-30(33)20-16-12-11-15-19-28-26(22-24-29(28)32)21-23-27(31)18-14-6-4-2/h16,20,26-29,31-32H,3-15,17-19,21-25H2,1-2H3/t26-,27?,28+,29?/m0/s1. The molecule has 0 aliphatic heterocycles. The van der Waals surface area contributed by atoms with Crippen LogP contribution < -0.4 is 0 Å². The van der Waals surface area contributed by atoms with Crippen molar-refractivity contribution >= 4 is 5.97 Å². The van der Waals surface area contributed by atoms with Crippen molar-refractivity contribution in [2.24, 2.45) is 11.8 Å². The van der Waals surface area contributed by atoms with E-state index in [1.165, 1.54) is 51.4 Å². The highest BCUT2D eigenvalue weighted by Gasteiger charge is 2.34. The first-order valence-corrected chi connectivity index (χ1v) is 14.8. The Morgan fingerprint density at radius 3 is 2.26 bits per heavy atom. The van der Waals surface area contributed by atoms with Crippen molar-refractivity contribution in [3.63, 3.8) is 0 Å². The third-order valence-electron chi connectivity index (χ3n) is 7.60. The summed E-state index contributed by atoms with van der Waals surface area (Å²) in [6.07, 6.45) is 25.5. The van der Waals surface area contributed by atoms with Crippen LogP contribution in [0.3, 0.4) is 0 Å². The van der Waals surface area contributed by atoms with Crippen molar-refractivity contribution in [1.82, 2.24) is 0 Å². The second-order valence-corrected chi connectivity index (χ2v) is 10.6. The van der Waals surface area contributed by atoms with Gasteiger partial charge < -0.3 is 14.9 Å². The van der Waals surface area contributed by atoms with Crippen LogP contribution in [0.1, 0.15) is 142 Å². The Hall–Kier alpha value is -0.870. The number of hydrogen-bond donors (Lipinski definition) is 2. The SMILES string of the molecule is CCCCCCCCCCOC(=O)C=CCCCC[C@H]1C(O)CC[C@@H]1CCC(O)CCCCC. The molecular formula is C30H56O4. The van der Waals surface area contributed by atoms with Gasteiger partial charge in [0.05, 0.1) is 18.8 Å². The molecule has 0 aromatic carbocycles. The van der Waals surface area contributed by atoms with Gasteiger partial charge >= 0.3 is 5.97 Å². The number of carbonyl (C=O) groups excluding carboxylic acids is 1. The number of esters is 1. The molecule has 1 rings (SSSR count). The van der Waals surface area contributed by atoms with Crippen LogP contribution >= 0.6 is 0 Å². The summed E-state index contributed by atoms with van der Waals surface area (Å²) in [5.41, 5.74) is 0. The number of unbranched alkanes of at least 4 members (excludes halogenated alkanes) is 11. The Morgan fingerprint density at radius 1 is 0.853 bits per heavy atom. The average Bonchev–Trinajstić information content (AvgIpc) is 3.18. The molecule has 0 heterocycles. The van der Waals surface area contributed by atoms with E-state index in [1.807, 2.05) is 6.08 Å². The van der Waals surface area contributed by atoms with Gasteiger partial charge in [-0.25, -0.2) is 4.79 Å². The molecular weight excluding hydrogens is 424 g/mol.